The highest BCUT2D eigenvalue weighted by molar-refractivity contribution is 5.20. The summed E-state index contributed by atoms with van der Waals surface area (Å²) in [6, 6.07) is 0.971. The number of nitrogens with zero attached hydrogens (tertiary/aromatic N) is 2. The predicted octanol–water partition coefficient (Wildman–Crippen LogP) is 1.52. The van der Waals surface area contributed by atoms with Gasteiger partial charge in [0.1, 0.15) is 0 Å². The van der Waals surface area contributed by atoms with Crippen LogP contribution >= 0.6 is 0 Å². The summed E-state index contributed by atoms with van der Waals surface area (Å²) in [7, 11) is 0. The number of nitrogens with two attached hydrogens (primary N) is 1. The molecule has 0 saturated heterocycles. The van der Waals surface area contributed by atoms with E-state index in [1.807, 2.05) is 0 Å². The molecular weight excluding hydrogens is 192 g/mol. The van der Waals surface area contributed by atoms with Crippen LogP contribution in [0, 0.1) is 5.92 Å². The fourth-order valence-corrected chi connectivity index (χ4v) is 2.08. The van der Waals surface area contributed by atoms with Crippen molar-refractivity contribution in [2.45, 2.75) is 45.2 Å². The van der Waals surface area contributed by atoms with Gasteiger partial charge in [-0.3, -0.25) is 0 Å². The Morgan fingerprint density at radius 3 is 2.87 bits per heavy atom. The van der Waals surface area contributed by atoms with E-state index in [0.717, 1.165) is 0 Å². The Labute approximate surface area is 89.4 Å². The highest BCUT2D eigenvalue weighted by Crippen LogP contribution is 2.26. The number of aromatic nitrogens is 2. The predicted molar refractivity (Wildman–Crippen MR) is 57.2 cm³/mol. The maximum atomic E-state index is 5.40. The lowest BCUT2D eigenvalue weighted by atomic mass is 9.86. The highest BCUT2D eigenvalue weighted by atomic mass is 16.4. The number of rotatable bonds is 3. The summed E-state index contributed by atoms with van der Waals surface area (Å²) < 4.78 is 5.33. The number of nitrogens with one attached hydrogen (secondary N) is 1. The van der Waals surface area contributed by atoms with Crippen molar-refractivity contribution >= 4 is 6.01 Å². The number of anilines is 1. The largest absolute Gasteiger partial charge is 0.407 e. The quantitative estimate of drug-likeness (QED) is 0.791. The van der Waals surface area contributed by atoms with Crippen LogP contribution in [0.4, 0.5) is 6.01 Å². The van der Waals surface area contributed by atoms with Gasteiger partial charge in [0, 0.05) is 6.04 Å². The molecule has 5 heteroatoms. The van der Waals surface area contributed by atoms with Crippen LogP contribution in [-0.4, -0.2) is 16.2 Å². The van der Waals surface area contributed by atoms with Gasteiger partial charge < -0.3 is 15.5 Å². The van der Waals surface area contributed by atoms with Gasteiger partial charge in [-0.2, -0.15) is 0 Å². The number of hydrogen-bond acceptors (Lipinski definition) is 5. The molecule has 1 aromatic rings. The van der Waals surface area contributed by atoms with Crippen LogP contribution in [0.25, 0.3) is 0 Å². The van der Waals surface area contributed by atoms with Gasteiger partial charge in [0.25, 0.3) is 0 Å². The normalized spacial score (nSPS) is 26.5. The molecule has 2 unspecified atom stereocenters. The fraction of sp³-hybridized carbons (Fsp3) is 0.800. The molecule has 1 aromatic heterocycles. The molecule has 0 aromatic carbocycles. The van der Waals surface area contributed by atoms with Gasteiger partial charge >= 0.3 is 6.01 Å². The Morgan fingerprint density at radius 1 is 1.40 bits per heavy atom. The molecule has 1 saturated carbocycles. The topological polar surface area (TPSA) is 77.0 Å². The van der Waals surface area contributed by atoms with Crippen LogP contribution in [0.1, 0.15) is 38.5 Å². The van der Waals surface area contributed by atoms with Crippen molar-refractivity contribution in [2.75, 3.05) is 5.32 Å². The average molecular weight is 210 g/mol. The fourth-order valence-electron chi connectivity index (χ4n) is 2.08. The van der Waals surface area contributed by atoms with Crippen molar-refractivity contribution in [3.05, 3.63) is 5.89 Å². The third-order valence-corrected chi connectivity index (χ3v) is 3.06. The van der Waals surface area contributed by atoms with Gasteiger partial charge in [-0.25, -0.2) is 0 Å². The minimum atomic E-state index is 0.300. The molecule has 1 heterocycles. The molecule has 5 nitrogen and oxygen atoms in total. The van der Waals surface area contributed by atoms with Gasteiger partial charge in [-0.15, -0.1) is 5.10 Å². The lowest BCUT2D eigenvalue weighted by Gasteiger charge is -2.28. The van der Waals surface area contributed by atoms with Crippen LogP contribution < -0.4 is 11.1 Å². The second-order valence-electron chi connectivity index (χ2n) is 4.22. The Hall–Kier alpha value is -1.10. The van der Waals surface area contributed by atoms with E-state index in [0.29, 0.717) is 30.4 Å². The Kier molecular flexibility index (Phi) is 3.20. The van der Waals surface area contributed by atoms with E-state index in [2.05, 4.69) is 22.4 Å². The van der Waals surface area contributed by atoms with Crippen LogP contribution in [0.3, 0.4) is 0 Å². The first-order chi connectivity index (χ1) is 7.29. The molecule has 3 N–H and O–H groups in total. The van der Waals surface area contributed by atoms with E-state index in [1.54, 1.807) is 0 Å². The Bertz CT molecular complexity index is 312. The van der Waals surface area contributed by atoms with E-state index in [9.17, 15) is 0 Å². The molecule has 0 bridgehead atoms. The van der Waals surface area contributed by atoms with Crippen molar-refractivity contribution < 1.29 is 4.42 Å². The number of hydrogen-bond donors (Lipinski definition) is 2. The SMILES string of the molecule is CC1CCCCC1Nc1nnc(CN)o1. The molecule has 2 rings (SSSR count). The van der Waals surface area contributed by atoms with Crippen LogP contribution in [-0.2, 0) is 6.54 Å². The zero-order valence-corrected chi connectivity index (χ0v) is 9.07. The monoisotopic (exact) mass is 210 g/mol. The van der Waals surface area contributed by atoms with Gasteiger partial charge in [0.2, 0.25) is 5.89 Å². The summed E-state index contributed by atoms with van der Waals surface area (Å²) in [6.07, 6.45) is 5.06. The van der Waals surface area contributed by atoms with Crippen molar-refractivity contribution in [3.63, 3.8) is 0 Å². The Morgan fingerprint density at radius 2 is 2.20 bits per heavy atom. The molecule has 1 aliphatic rings. The van der Waals surface area contributed by atoms with Crippen LogP contribution in [0.2, 0.25) is 0 Å². The highest BCUT2D eigenvalue weighted by Gasteiger charge is 2.22. The first-order valence-electron chi connectivity index (χ1n) is 5.58. The molecule has 0 amide bonds. The average Bonchev–Trinajstić information content (AvgIpc) is 2.69. The molecule has 1 fully saturated rings. The summed E-state index contributed by atoms with van der Waals surface area (Å²) >= 11 is 0. The summed E-state index contributed by atoms with van der Waals surface area (Å²) in [6.45, 7) is 2.56. The molecule has 15 heavy (non-hydrogen) atoms. The minimum Gasteiger partial charge on any atom is -0.407 e. The van der Waals surface area contributed by atoms with Gasteiger partial charge in [0.05, 0.1) is 6.54 Å². The maximum absolute atomic E-state index is 5.40. The lowest BCUT2D eigenvalue weighted by molar-refractivity contribution is 0.342. The van der Waals surface area contributed by atoms with Gasteiger partial charge in [-0.1, -0.05) is 24.9 Å². The second-order valence-corrected chi connectivity index (χ2v) is 4.22. The smallest absolute Gasteiger partial charge is 0.315 e. The van der Waals surface area contributed by atoms with E-state index >= 15 is 0 Å². The lowest BCUT2D eigenvalue weighted by Crippen LogP contribution is -2.30. The minimum absolute atomic E-state index is 0.300. The third-order valence-electron chi connectivity index (χ3n) is 3.06. The molecular formula is C10H18N4O. The van der Waals surface area contributed by atoms with Gasteiger partial charge in [-0.05, 0) is 18.8 Å². The maximum Gasteiger partial charge on any atom is 0.315 e. The molecule has 1 aliphatic carbocycles. The summed E-state index contributed by atoms with van der Waals surface area (Å²) in [5, 5.41) is 11.0. The summed E-state index contributed by atoms with van der Waals surface area (Å²) in [5.74, 6) is 1.16. The van der Waals surface area contributed by atoms with Crippen molar-refractivity contribution in [2.24, 2.45) is 11.7 Å². The molecule has 0 spiro atoms. The van der Waals surface area contributed by atoms with E-state index in [-0.39, 0.29) is 0 Å². The summed E-state index contributed by atoms with van der Waals surface area (Å²) in [5.41, 5.74) is 5.40. The van der Waals surface area contributed by atoms with Gasteiger partial charge in [0.15, 0.2) is 0 Å². The molecule has 0 radical (unpaired) electrons. The standard InChI is InChI=1S/C10H18N4O/c1-7-4-2-3-5-8(7)12-10-14-13-9(6-11)15-10/h7-8H,2-6,11H2,1H3,(H,12,14). The zero-order chi connectivity index (χ0) is 10.7. The Balaban J connectivity index is 1.95. The van der Waals surface area contributed by atoms with E-state index in [4.69, 9.17) is 10.2 Å². The third kappa shape index (κ3) is 2.47. The summed E-state index contributed by atoms with van der Waals surface area (Å²) in [4.78, 5) is 0. The zero-order valence-electron chi connectivity index (χ0n) is 9.07. The van der Waals surface area contributed by atoms with E-state index < -0.39 is 0 Å². The molecule has 2 atom stereocenters. The molecule has 84 valence electrons. The first kappa shape index (κ1) is 10.4. The second kappa shape index (κ2) is 4.61. The molecule has 0 aliphatic heterocycles. The van der Waals surface area contributed by atoms with Crippen LogP contribution in [0.5, 0.6) is 0 Å². The van der Waals surface area contributed by atoms with Crippen molar-refractivity contribution in [3.8, 4) is 0 Å². The van der Waals surface area contributed by atoms with Crippen LogP contribution in [0.15, 0.2) is 4.42 Å². The van der Waals surface area contributed by atoms with Crippen molar-refractivity contribution in [1.29, 1.82) is 0 Å². The van der Waals surface area contributed by atoms with E-state index in [1.165, 1.54) is 25.7 Å². The first-order valence-corrected chi connectivity index (χ1v) is 5.58. The van der Waals surface area contributed by atoms with Crippen molar-refractivity contribution in [1.82, 2.24) is 10.2 Å².